The molecule has 0 aliphatic carbocycles. The lowest BCUT2D eigenvalue weighted by molar-refractivity contribution is 0.130. The van der Waals surface area contributed by atoms with Crippen molar-refractivity contribution in [3.8, 4) is 0 Å². The molecule has 3 nitrogen and oxygen atoms in total. The highest BCUT2D eigenvalue weighted by molar-refractivity contribution is 4.66. The molecule has 1 rings (SSSR count). The fourth-order valence-corrected chi connectivity index (χ4v) is 1.93. The molecule has 1 unspecified atom stereocenters. The molecular weight excluding hydrogens is 202 g/mol. The van der Waals surface area contributed by atoms with Crippen LogP contribution < -0.4 is 5.32 Å². The van der Waals surface area contributed by atoms with Gasteiger partial charge in [-0.2, -0.15) is 0 Å². The Labute approximate surface area is 99.9 Å². The van der Waals surface area contributed by atoms with E-state index in [9.17, 15) is 0 Å². The molecule has 0 radical (unpaired) electrons. The number of nitrogens with one attached hydrogen (secondary N) is 1. The monoisotopic (exact) mass is 229 g/mol. The second-order valence-corrected chi connectivity index (χ2v) is 4.61. The first-order chi connectivity index (χ1) is 7.93. The van der Waals surface area contributed by atoms with Crippen molar-refractivity contribution in [2.45, 2.75) is 39.0 Å². The quantitative estimate of drug-likeness (QED) is 0.583. The number of hydrogen-bond donors (Lipinski definition) is 1. The summed E-state index contributed by atoms with van der Waals surface area (Å²) in [6.07, 6.45) is 6.37. The molecule has 16 heavy (non-hydrogen) atoms. The molecule has 0 spiro atoms. The van der Waals surface area contributed by atoms with Crippen LogP contribution in [-0.4, -0.2) is 39.5 Å². The largest absolute Gasteiger partial charge is 0.381 e. The van der Waals surface area contributed by atoms with Gasteiger partial charge in [-0.3, -0.25) is 0 Å². The van der Waals surface area contributed by atoms with Crippen molar-refractivity contribution in [2.75, 3.05) is 39.5 Å². The summed E-state index contributed by atoms with van der Waals surface area (Å²) in [6, 6.07) is 0. The third kappa shape index (κ3) is 7.20. The van der Waals surface area contributed by atoms with Gasteiger partial charge in [-0.1, -0.05) is 26.2 Å². The minimum absolute atomic E-state index is 0.726. The molecule has 1 aliphatic heterocycles. The van der Waals surface area contributed by atoms with Gasteiger partial charge in [0.15, 0.2) is 0 Å². The van der Waals surface area contributed by atoms with Crippen molar-refractivity contribution in [3.63, 3.8) is 0 Å². The van der Waals surface area contributed by atoms with Crippen LogP contribution in [0.5, 0.6) is 0 Å². The number of ether oxygens (including phenoxy) is 2. The van der Waals surface area contributed by atoms with Crippen LogP contribution >= 0.6 is 0 Å². The Morgan fingerprint density at radius 2 is 2.19 bits per heavy atom. The standard InChI is InChI=1S/C13H27NO2/c1-2-3-4-5-8-15-10-7-14-11-13-6-9-16-12-13/h13-14H,2-12H2,1H3. The van der Waals surface area contributed by atoms with Gasteiger partial charge in [0.05, 0.1) is 13.2 Å². The van der Waals surface area contributed by atoms with E-state index in [1.54, 1.807) is 0 Å². The first kappa shape index (κ1) is 13.9. The normalized spacial score (nSPS) is 20.4. The topological polar surface area (TPSA) is 30.5 Å². The third-order valence-electron chi connectivity index (χ3n) is 3.02. The summed E-state index contributed by atoms with van der Waals surface area (Å²) < 4.78 is 10.9. The van der Waals surface area contributed by atoms with E-state index in [-0.39, 0.29) is 0 Å². The van der Waals surface area contributed by atoms with E-state index in [0.717, 1.165) is 45.4 Å². The second kappa shape index (κ2) is 10.1. The molecular formula is C13H27NO2. The molecule has 0 aromatic carbocycles. The van der Waals surface area contributed by atoms with E-state index in [0.29, 0.717) is 0 Å². The lowest BCUT2D eigenvalue weighted by Crippen LogP contribution is -2.26. The van der Waals surface area contributed by atoms with E-state index < -0.39 is 0 Å². The van der Waals surface area contributed by atoms with Gasteiger partial charge in [0.2, 0.25) is 0 Å². The van der Waals surface area contributed by atoms with Gasteiger partial charge in [-0.15, -0.1) is 0 Å². The van der Waals surface area contributed by atoms with E-state index >= 15 is 0 Å². The van der Waals surface area contributed by atoms with Crippen LogP contribution in [0.2, 0.25) is 0 Å². The molecule has 0 aromatic rings. The SMILES string of the molecule is CCCCCCOCCNCC1CCOC1. The highest BCUT2D eigenvalue weighted by atomic mass is 16.5. The molecule has 1 N–H and O–H groups in total. The van der Waals surface area contributed by atoms with Crippen LogP contribution in [-0.2, 0) is 9.47 Å². The molecule has 1 atom stereocenters. The predicted octanol–water partition coefficient (Wildman–Crippen LogP) is 2.21. The summed E-state index contributed by atoms with van der Waals surface area (Å²) in [5.74, 6) is 0.726. The summed E-state index contributed by atoms with van der Waals surface area (Å²) >= 11 is 0. The Morgan fingerprint density at radius 1 is 1.25 bits per heavy atom. The zero-order valence-corrected chi connectivity index (χ0v) is 10.7. The Bertz CT molecular complexity index is 147. The molecule has 0 amide bonds. The number of hydrogen-bond acceptors (Lipinski definition) is 3. The zero-order chi connectivity index (χ0) is 11.5. The molecule has 1 aliphatic rings. The van der Waals surface area contributed by atoms with Crippen molar-refractivity contribution in [3.05, 3.63) is 0 Å². The van der Waals surface area contributed by atoms with Gasteiger partial charge >= 0.3 is 0 Å². The van der Waals surface area contributed by atoms with Crippen molar-refractivity contribution in [1.29, 1.82) is 0 Å². The summed E-state index contributed by atoms with van der Waals surface area (Å²) in [5.41, 5.74) is 0. The fourth-order valence-electron chi connectivity index (χ4n) is 1.93. The highest BCUT2D eigenvalue weighted by Gasteiger charge is 2.14. The summed E-state index contributed by atoms with van der Waals surface area (Å²) in [7, 11) is 0. The average molecular weight is 229 g/mol. The van der Waals surface area contributed by atoms with Crippen molar-refractivity contribution in [1.82, 2.24) is 5.32 Å². The molecule has 3 heteroatoms. The van der Waals surface area contributed by atoms with Gasteiger partial charge in [-0.25, -0.2) is 0 Å². The van der Waals surface area contributed by atoms with Crippen LogP contribution in [0.3, 0.4) is 0 Å². The number of unbranched alkanes of at least 4 members (excludes halogenated alkanes) is 3. The Balaban J connectivity index is 1.71. The first-order valence-corrected chi connectivity index (χ1v) is 6.79. The maximum atomic E-state index is 5.55. The van der Waals surface area contributed by atoms with Crippen molar-refractivity contribution in [2.24, 2.45) is 5.92 Å². The maximum Gasteiger partial charge on any atom is 0.0590 e. The Morgan fingerprint density at radius 3 is 2.94 bits per heavy atom. The van der Waals surface area contributed by atoms with Crippen LogP contribution in [0.25, 0.3) is 0 Å². The van der Waals surface area contributed by atoms with Crippen molar-refractivity contribution >= 4 is 0 Å². The maximum absolute atomic E-state index is 5.55. The predicted molar refractivity (Wildman–Crippen MR) is 66.8 cm³/mol. The van der Waals surface area contributed by atoms with Gasteiger partial charge in [0.1, 0.15) is 0 Å². The van der Waals surface area contributed by atoms with Gasteiger partial charge in [0, 0.05) is 26.3 Å². The first-order valence-electron chi connectivity index (χ1n) is 6.79. The van der Waals surface area contributed by atoms with Gasteiger partial charge in [0.25, 0.3) is 0 Å². The lowest BCUT2D eigenvalue weighted by atomic mass is 10.1. The van der Waals surface area contributed by atoms with E-state index in [1.807, 2.05) is 0 Å². The van der Waals surface area contributed by atoms with Crippen LogP contribution in [0.15, 0.2) is 0 Å². The molecule has 1 saturated heterocycles. The minimum Gasteiger partial charge on any atom is -0.381 e. The second-order valence-electron chi connectivity index (χ2n) is 4.61. The van der Waals surface area contributed by atoms with Crippen LogP contribution in [0, 0.1) is 5.92 Å². The van der Waals surface area contributed by atoms with E-state index in [1.165, 1.54) is 32.1 Å². The summed E-state index contributed by atoms with van der Waals surface area (Å²) in [4.78, 5) is 0. The number of rotatable bonds is 10. The molecule has 96 valence electrons. The summed E-state index contributed by atoms with van der Waals surface area (Å²) in [5, 5.41) is 3.42. The summed E-state index contributed by atoms with van der Waals surface area (Å²) in [6.45, 7) is 7.94. The highest BCUT2D eigenvalue weighted by Crippen LogP contribution is 2.10. The third-order valence-corrected chi connectivity index (χ3v) is 3.02. The smallest absolute Gasteiger partial charge is 0.0590 e. The van der Waals surface area contributed by atoms with Crippen molar-refractivity contribution < 1.29 is 9.47 Å². The Hall–Kier alpha value is -0.120. The molecule has 1 fully saturated rings. The Kier molecular flexibility index (Phi) is 8.77. The van der Waals surface area contributed by atoms with Crippen LogP contribution in [0.1, 0.15) is 39.0 Å². The molecule has 0 saturated carbocycles. The molecule has 0 bridgehead atoms. The van der Waals surface area contributed by atoms with Gasteiger partial charge in [-0.05, 0) is 18.8 Å². The molecule has 1 heterocycles. The van der Waals surface area contributed by atoms with E-state index in [4.69, 9.17) is 9.47 Å². The fraction of sp³-hybridized carbons (Fsp3) is 1.00. The zero-order valence-electron chi connectivity index (χ0n) is 10.7. The average Bonchev–Trinajstić information content (AvgIpc) is 2.80. The minimum atomic E-state index is 0.726. The van der Waals surface area contributed by atoms with Crippen LogP contribution in [0.4, 0.5) is 0 Å². The lowest BCUT2D eigenvalue weighted by Gasteiger charge is -2.09. The van der Waals surface area contributed by atoms with E-state index in [2.05, 4.69) is 12.2 Å². The molecule has 0 aromatic heterocycles. The van der Waals surface area contributed by atoms with Gasteiger partial charge < -0.3 is 14.8 Å².